The van der Waals surface area contributed by atoms with E-state index >= 15 is 0 Å². The van der Waals surface area contributed by atoms with Crippen molar-refractivity contribution in [3.8, 4) is 11.4 Å². The van der Waals surface area contributed by atoms with Crippen LogP contribution < -0.4 is 16.4 Å². The third-order valence-electron chi connectivity index (χ3n) is 6.16. The van der Waals surface area contributed by atoms with Crippen molar-refractivity contribution in [3.63, 3.8) is 0 Å². The highest BCUT2D eigenvalue weighted by Gasteiger charge is 2.17. The number of carbonyl (C=O) groups is 2. The van der Waals surface area contributed by atoms with E-state index in [-0.39, 0.29) is 30.7 Å². The number of aromatic nitrogens is 2. The number of amides is 1. The highest BCUT2D eigenvalue weighted by Crippen LogP contribution is 2.26. The molecule has 0 radical (unpaired) electrons. The Morgan fingerprint density at radius 1 is 1.11 bits per heavy atom. The third kappa shape index (κ3) is 5.84. The minimum Gasteiger partial charge on any atom is -0.469 e. The molecule has 184 valence electrons. The number of fused-ring (bicyclic) bond motifs is 1. The number of nitrogens with one attached hydrogen (secondary N) is 3. The lowest BCUT2D eigenvalue weighted by atomic mass is 10.1. The molecule has 1 aliphatic heterocycles. The molecule has 10 heteroatoms. The standard InChI is InChI=1S/C25H31N7O3/c1-35-22(33)8-9-29-25(34)19-6-7-21-20(16-19)30-24(18-4-2-17(3-5-18)23(26)27)32(21)15-14-31-12-10-28-11-13-31/h2-7,16,28H,8-15H2,1H3,(H3,26,27)(H,29,34). The van der Waals surface area contributed by atoms with Gasteiger partial charge in [-0.15, -0.1) is 0 Å². The lowest BCUT2D eigenvalue weighted by molar-refractivity contribution is -0.140. The molecule has 0 unspecified atom stereocenters. The Morgan fingerprint density at radius 3 is 2.51 bits per heavy atom. The van der Waals surface area contributed by atoms with E-state index in [1.54, 1.807) is 12.1 Å². The second-order valence-electron chi connectivity index (χ2n) is 8.46. The summed E-state index contributed by atoms with van der Waals surface area (Å²) >= 11 is 0. The monoisotopic (exact) mass is 477 g/mol. The summed E-state index contributed by atoms with van der Waals surface area (Å²) in [7, 11) is 1.32. The Bertz CT molecular complexity index is 1210. The zero-order valence-electron chi connectivity index (χ0n) is 19.8. The Morgan fingerprint density at radius 2 is 1.83 bits per heavy atom. The summed E-state index contributed by atoms with van der Waals surface area (Å²) in [6.07, 6.45) is 0.117. The van der Waals surface area contributed by atoms with Gasteiger partial charge < -0.3 is 25.7 Å². The molecule has 5 N–H and O–H groups in total. The smallest absolute Gasteiger partial charge is 0.307 e. The molecule has 0 aliphatic carbocycles. The third-order valence-corrected chi connectivity index (χ3v) is 6.16. The molecule has 1 saturated heterocycles. The summed E-state index contributed by atoms with van der Waals surface area (Å²) in [5.74, 6) is 0.183. The lowest BCUT2D eigenvalue weighted by Gasteiger charge is -2.27. The number of nitrogens with two attached hydrogens (primary N) is 1. The van der Waals surface area contributed by atoms with Crippen LogP contribution in [0.4, 0.5) is 0 Å². The average molecular weight is 478 g/mol. The van der Waals surface area contributed by atoms with E-state index in [0.29, 0.717) is 11.1 Å². The number of rotatable bonds is 9. The summed E-state index contributed by atoms with van der Waals surface area (Å²) in [4.78, 5) is 31.2. The number of benzene rings is 2. The molecular weight excluding hydrogens is 446 g/mol. The maximum absolute atomic E-state index is 12.6. The van der Waals surface area contributed by atoms with Gasteiger partial charge in [-0.2, -0.15) is 0 Å². The van der Waals surface area contributed by atoms with Crippen molar-refractivity contribution >= 4 is 28.7 Å². The Kier molecular flexibility index (Phi) is 7.74. The van der Waals surface area contributed by atoms with E-state index in [1.807, 2.05) is 30.3 Å². The molecular formula is C25H31N7O3. The van der Waals surface area contributed by atoms with Crippen molar-refractivity contribution < 1.29 is 14.3 Å². The predicted molar refractivity (Wildman–Crippen MR) is 134 cm³/mol. The lowest BCUT2D eigenvalue weighted by Crippen LogP contribution is -2.44. The van der Waals surface area contributed by atoms with E-state index in [4.69, 9.17) is 16.1 Å². The normalized spacial score (nSPS) is 14.1. The van der Waals surface area contributed by atoms with Crippen LogP contribution in [0.1, 0.15) is 22.3 Å². The van der Waals surface area contributed by atoms with Gasteiger partial charge in [0, 0.05) is 62.5 Å². The van der Waals surface area contributed by atoms with Crippen LogP contribution in [0.15, 0.2) is 42.5 Å². The molecule has 1 aromatic heterocycles. The summed E-state index contributed by atoms with van der Waals surface area (Å²) in [5, 5.41) is 13.8. The Labute approximate surface area is 204 Å². The number of hydrogen-bond donors (Lipinski definition) is 4. The molecule has 0 spiro atoms. The fraction of sp³-hybridized carbons (Fsp3) is 0.360. The predicted octanol–water partition coefficient (Wildman–Crippen LogP) is 1.19. The molecule has 0 saturated carbocycles. The van der Waals surface area contributed by atoms with Crippen LogP contribution in [0.25, 0.3) is 22.4 Å². The van der Waals surface area contributed by atoms with Crippen molar-refractivity contribution in [1.82, 2.24) is 25.1 Å². The zero-order valence-corrected chi connectivity index (χ0v) is 19.8. The zero-order chi connectivity index (χ0) is 24.8. The first-order valence-electron chi connectivity index (χ1n) is 11.7. The van der Waals surface area contributed by atoms with Gasteiger partial charge in [0.2, 0.25) is 0 Å². The van der Waals surface area contributed by atoms with E-state index < -0.39 is 0 Å². The molecule has 1 aliphatic rings. The molecule has 1 amide bonds. The number of hydrogen-bond acceptors (Lipinski definition) is 7. The number of ether oxygens (including phenoxy) is 1. The minimum atomic E-state index is -0.371. The number of piperazine rings is 1. The molecule has 35 heavy (non-hydrogen) atoms. The largest absolute Gasteiger partial charge is 0.469 e. The van der Waals surface area contributed by atoms with E-state index in [0.717, 1.165) is 61.7 Å². The first-order chi connectivity index (χ1) is 17.0. The van der Waals surface area contributed by atoms with Crippen LogP contribution in [-0.2, 0) is 16.1 Å². The maximum Gasteiger partial charge on any atom is 0.307 e. The second kappa shape index (κ2) is 11.1. The van der Waals surface area contributed by atoms with E-state index in [1.165, 1.54) is 7.11 Å². The fourth-order valence-corrected chi connectivity index (χ4v) is 4.18. The van der Waals surface area contributed by atoms with Crippen LogP contribution in [0.2, 0.25) is 0 Å². The first kappa shape index (κ1) is 24.4. The highest BCUT2D eigenvalue weighted by atomic mass is 16.5. The van der Waals surface area contributed by atoms with Gasteiger partial charge in [0.25, 0.3) is 5.91 Å². The quantitative estimate of drug-likeness (QED) is 0.206. The number of nitrogen functional groups attached to an aromatic ring is 1. The number of carbonyl (C=O) groups excluding carboxylic acids is 2. The van der Waals surface area contributed by atoms with Crippen LogP contribution in [0.3, 0.4) is 0 Å². The highest BCUT2D eigenvalue weighted by molar-refractivity contribution is 5.98. The van der Waals surface area contributed by atoms with Crippen LogP contribution >= 0.6 is 0 Å². The summed E-state index contributed by atoms with van der Waals surface area (Å²) < 4.78 is 6.79. The van der Waals surface area contributed by atoms with Crippen molar-refractivity contribution in [1.29, 1.82) is 5.41 Å². The van der Waals surface area contributed by atoms with Gasteiger partial charge in [-0.25, -0.2) is 4.98 Å². The van der Waals surface area contributed by atoms with Gasteiger partial charge in [-0.05, 0) is 18.2 Å². The Hall–Kier alpha value is -3.76. The maximum atomic E-state index is 12.6. The van der Waals surface area contributed by atoms with Gasteiger partial charge in [0.05, 0.1) is 24.6 Å². The topological polar surface area (TPSA) is 138 Å². The van der Waals surface area contributed by atoms with Gasteiger partial charge in [0.15, 0.2) is 0 Å². The first-order valence-corrected chi connectivity index (χ1v) is 11.7. The molecule has 10 nitrogen and oxygen atoms in total. The van der Waals surface area contributed by atoms with Crippen molar-refractivity contribution in [2.75, 3.05) is 46.4 Å². The average Bonchev–Trinajstić information content (AvgIpc) is 3.25. The second-order valence-corrected chi connectivity index (χ2v) is 8.46. The fourth-order valence-electron chi connectivity index (χ4n) is 4.18. The summed E-state index contributed by atoms with van der Waals surface area (Å²) in [5.41, 5.74) is 9.32. The molecule has 0 atom stereocenters. The van der Waals surface area contributed by atoms with Gasteiger partial charge >= 0.3 is 5.97 Å². The number of methoxy groups -OCH3 is 1. The van der Waals surface area contributed by atoms with Crippen LogP contribution in [0.5, 0.6) is 0 Å². The number of esters is 1. The number of imidazole rings is 1. The molecule has 2 heterocycles. The molecule has 1 fully saturated rings. The van der Waals surface area contributed by atoms with Crippen molar-refractivity contribution in [2.45, 2.75) is 13.0 Å². The summed E-state index contributed by atoms with van der Waals surface area (Å²) in [6.45, 7) is 5.83. The van der Waals surface area contributed by atoms with Crippen molar-refractivity contribution in [2.24, 2.45) is 5.73 Å². The van der Waals surface area contributed by atoms with Gasteiger partial charge in [-0.1, -0.05) is 24.3 Å². The van der Waals surface area contributed by atoms with Crippen LogP contribution in [-0.4, -0.2) is 78.5 Å². The SMILES string of the molecule is COC(=O)CCNC(=O)c1ccc2c(c1)nc(-c1ccc(C(=N)N)cc1)n2CCN1CCNCC1. The van der Waals surface area contributed by atoms with Gasteiger partial charge in [0.1, 0.15) is 11.7 Å². The summed E-state index contributed by atoms with van der Waals surface area (Å²) in [6, 6.07) is 12.9. The van der Waals surface area contributed by atoms with Crippen LogP contribution in [0, 0.1) is 5.41 Å². The molecule has 2 aromatic carbocycles. The number of nitrogens with zero attached hydrogens (tertiary/aromatic N) is 3. The minimum absolute atomic E-state index is 0.0200. The van der Waals surface area contributed by atoms with E-state index in [2.05, 4.69) is 24.8 Å². The van der Waals surface area contributed by atoms with Crippen molar-refractivity contribution in [3.05, 3.63) is 53.6 Å². The Balaban J connectivity index is 1.62. The van der Waals surface area contributed by atoms with Gasteiger partial charge in [-0.3, -0.25) is 19.9 Å². The number of amidine groups is 1. The molecule has 4 rings (SSSR count). The molecule has 3 aromatic rings. The van der Waals surface area contributed by atoms with E-state index in [9.17, 15) is 9.59 Å². The molecule has 0 bridgehead atoms.